The summed E-state index contributed by atoms with van der Waals surface area (Å²) in [5.41, 5.74) is 1.67. The molecule has 9 rings (SSSR count). The summed E-state index contributed by atoms with van der Waals surface area (Å²) in [5, 5.41) is 18.7. The van der Waals surface area contributed by atoms with Crippen LogP contribution >= 0.6 is 15.1 Å². The predicted octanol–water partition coefficient (Wildman–Crippen LogP) is 13.6. The zero-order valence-electron chi connectivity index (χ0n) is 23.2. The Kier molecular flexibility index (Phi) is 5.60. The first-order valence-corrected chi connectivity index (χ1v) is 18.5. The van der Waals surface area contributed by atoms with Gasteiger partial charge in [0.05, 0.1) is 0 Å². The molecule has 7 aromatic rings. The second kappa shape index (κ2) is 9.38. The van der Waals surface area contributed by atoms with Crippen LogP contribution in [0.2, 0.25) is 0 Å². The molecule has 0 aliphatic heterocycles. The van der Waals surface area contributed by atoms with Crippen LogP contribution < -0.4 is 0 Å². The molecule has 0 N–H and O–H groups in total. The van der Waals surface area contributed by atoms with Gasteiger partial charge >= 0.3 is 0 Å². The highest BCUT2D eigenvalue weighted by atomic mass is 31.1. The van der Waals surface area contributed by atoms with E-state index in [1.54, 1.807) is 42.0 Å². The lowest BCUT2D eigenvalue weighted by Crippen LogP contribution is -1.97. The first-order chi connectivity index (χ1) is 19.8. The van der Waals surface area contributed by atoms with E-state index in [0.29, 0.717) is 0 Å². The monoisotopic (exact) mass is 554 g/mol. The largest absolute Gasteiger partial charge is 0.105 e. The summed E-state index contributed by atoms with van der Waals surface area (Å²) in [6, 6.07) is 33.9. The molecule has 2 atom stereocenters. The van der Waals surface area contributed by atoms with Gasteiger partial charge in [0, 0.05) is 20.5 Å². The Morgan fingerprint density at radius 3 is 1.10 bits per heavy atom. The molecule has 40 heavy (non-hydrogen) atoms. The number of rotatable bonds is 2. The molecule has 2 saturated carbocycles. The van der Waals surface area contributed by atoms with Crippen LogP contribution in [0.25, 0.3) is 63.6 Å². The number of fused-ring (bicyclic) bond motifs is 8. The molecule has 2 unspecified atom stereocenters. The minimum absolute atomic E-state index is 0.320. The zero-order valence-corrected chi connectivity index (χ0v) is 25.0. The highest BCUT2D eigenvalue weighted by Gasteiger charge is 2.26. The third-order valence-electron chi connectivity index (χ3n) is 10.3. The maximum Gasteiger partial charge on any atom is 0.00333 e. The van der Waals surface area contributed by atoms with Crippen molar-refractivity contribution in [1.29, 1.82) is 0 Å². The van der Waals surface area contributed by atoms with Crippen LogP contribution in [0.4, 0.5) is 0 Å². The molecule has 0 saturated heterocycles. The van der Waals surface area contributed by atoms with Crippen LogP contribution in [0.15, 0.2) is 84.9 Å². The van der Waals surface area contributed by atoms with Crippen molar-refractivity contribution in [2.75, 3.05) is 0 Å². The fourth-order valence-electron chi connectivity index (χ4n) is 8.42. The van der Waals surface area contributed by atoms with Crippen LogP contribution in [0.3, 0.4) is 0 Å². The first kappa shape index (κ1) is 23.9. The molecule has 2 heterocycles. The van der Waals surface area contributed by atoms with Gasteiger partial charge in [0.1, 0.15) is 0 Å². The van der Waals surface area contributed by atoms with E-state index < -0.39 is 0 Å². The lowest BCUT2D eigenvalue weighted by Gasteiger charge is -2.23. The maximum atomic E-state index is 2.74. The fraction of sp³-hybridized carbons (Fsp3) is 0.316. The summed E-state index contributed by atoms with van der Waals surface area (Å²) in [7, 11) is -0.640. The molecule has 0 amide bonds. The molecule has 198 valence electrons. The van der Waals surface area contributed by atoms with Gasteiger partial charge in [0.15, 0.2) is 0 Å². The van der Waals surface area contributed by atoms with Crippen molar-refractivity contribution in [2.24, 2.45) is 0 Å². The van der Waals surface area contributed by atoms with E-state index in [9.17, 15) is 0 Å². The lowest BCUT2D eigenvalue weighted by atomic mass is 10.0. The number of benzene rings is 5. The van der Waals surface area contributed by atoms with Gasteiger partial charge in [0.2, 0.25) is 0 Å². The molecule has 5 aromatic carbocycles. The summed E-state index contributed by atoms with van der Waals surface area (Å²) < 4.78 is 0. The van der Waals surface area contributed by atoms with Gasteiger partial charge in [-0.1, -0.05) is 87.1 Å². The molecule has 0 radical (unpaired) electrons. The van der Waals surface area contributed by atoms with Crippen molar-refractivity contribution < 1.29 is 0 Å². The van der Waals surface area contributed by atoms with E-state index in [0.717, 1.165) is 11.3 Å². The third kappa shape index (κ3) is 3.59. The van der Waals surface area contributed by atoms with Crippen molar-refractivity contribution in [3.05, 3.63) is 84.9 Å². The van der Waals surface area contributed by atoms with E-state index in [1.165, 1.54) is 85.8 Å². The highest BCUT2D eigenvalue weighted by molar-refractivity contribution is 7.63. The molecular weight excluding hydrogens is 518 g/mol. The first-order valence-electron chi connectivity index (χ1n) is 15.7. The second-order valence-electron chi connectivity index (χ2n) is 12.6. The van der Waals surface area contributed by atoms with E-state index in [1.807, 2.05) is 0 Å². The summed E-state index contributed by atoms with van der Waals surface area (Å²) in [4.78, 5) is 0. The van der Waals surface area contributed by atoms with Crippen molar-refractivity contribution in [3.8, 4) is 0 Å². The van der Waals surface area contributed by atoms with E-state index in [-0.39, 0.29) is 15.1 Å². The summed E-state index contributed by atoms with van der Waals surface area (Å²) in [5.74, 6) is 0. The van der Waals surface area contributed by atoms with E-state index in [2.05, 4.69) is 84.9 Å². The molecule has 2 aromatic heterocycles. The molecule has 0 spiro atoms. The Morgan fingerprint density at radius 1 is 0.375 bits per heavy atom. The Bertz CT molecular complexity index is 1920. The summed E-state index contributed by atoms with van der Waals surface area (Å²) in [6.07, 6.45) is 14.1. The Balaban J connectivity index is 1.44. The van der Waals surface area contributed by atoms with Gasteiger partial charge in [-0.25, -0.2) is 0 Å². The van der Waals surface area contributed by atoms with Crippen molar-refractivity contribution in [1.82, 2.24) is 0 Å². The standard InChI is InChI=1S/C38H36P2/c1-3-15-29(16-4-1)39-35-21-27-13-9-7-11-25(27)19-31(35)33-24-38-34(23-37(33)39)32-20-26-12-8-10-14-28(26)22-36(32)40(38)30-17-5-2-6-18-30/h7-14,19-24,29-30H,1-6,15-18H2. The minimum Gasteiger partial charge on any atom is -0.105 e. The fourth-order valence-corrected chi connectivity index (χ4v) is 15.1. The van der Waals surface area contributed by atoms with Crippen molar-refractivity contribution in [3.63, 3.8) is 0 Å². The SMILES string of the molecule is c1ccc2cc3c(cc2c1)c1cc2c(cc1p3C1CCCCC1)c1cc3ccccc3cc1p2C1CCCCC1. The average molecular weight is 555 g/mol. The Labute approximate surface area is 238 Å². The average Bonchev–Trinajstić information content (AvgIpc) is 3.49. The molecule has 2 aliphatic rings. The Hall–Kier alpha value is -2.78. The van der Waals surface area contributed by atoms with E-state index >= 15 is 0 Å². The topological polar surface area (TPSA) is 0 Å². The van der Waals surface area contributed by atoms with Gasteiger partial charge in [-0.15, -0.1) is 15.1 Å². The second-order valence-corrected chi connectivity index (χ2v) is 17.5. The Morgan fingerprint density at radius 2 is 0.700 bits per heavy atom. The van der Waals surface area contributed by atoms with Crippen molar-refractivity contribution >= 4 is 78.6 Å². The molecular formula is C38H36P2. The van der Waals surface area contributed by atoms with Gasteiger partial charge in [0.25, 0.3) is 0 Å². The zero-order chi connectivity index (χ0) is 26.2. The minimum atomic E-state index is -0.320. The van der Waals surface area contributed by atoms with Crippen LogP contribution in [0, 0.1) is 0 Å². The number of hydrogen-bond acceptors (Lipinski definition) is 0. The van der Waals surface area contributed by atoms with Gasteiger partial charge in [-0.3, -0.25) is 0 Å². The molecule has 2 heteroatoms. The van der Waals surface area contributed by atoms with Gasteiger partial charge in [-0.05, 0) is 116 Å². The number of hydrogen-bond donors (Lipinski definition) is 0. The van der Waals surface area contributed by atoms with Gasteiger partial charge < -0.3 is 0 Å². The van der Waals surface area contributed by atoms with Crippen molar-refractivity contribution in [2.45, 2.75) is 75.5 Å². The van der Waals surface area contributed by atoms with Gasteiger partial charge in [-0.2, -0.15) is 0 Å². The summed E-state index contributed by atoms with van der Waals surface area (Å²) in [6.45, 7) is 0. The molecule has 0 bridgehead atoms. The summed E-state index contributed by atoms with van der Waals surface area (Å²) >= 11 is 0. The van der Waals surface area contributed by atoms with E-state index in [4.69, 9.17) is 0 Å². The highest BCUT2D eigenvalue weighted by Crippen LogP contribution is 2.64. The van der Waals surface area contributed by atoms with Crippen LogP contribution in [-0.2, 0) is 0 Å². The lowest BCUT2D eigenvalue weighted by molar-refractivity contribution is 0.489. The maximum absolute atomic E-state index is 2.74. The normalized spacial score (nSPS) is 18.7. The van der Waals surface area contributed by atoms with Crippen LogP contribution in [0.1, 0.15) is 75.5 Å². The molecule has 2 aliphatic carbocycles. The molecule has 2 fully saturated rings. The van der Waals surface area contributed by atoms with Crippen LogP contribution in [-0.4, -0.2) is 0 Å². The smallest absolute Gasteiger partial charge is 0.00333 e. The predicted molar refractivity (Wildman–Crippen MR) is 181 cm³/mol. The third-order valence-corrected chi connectivity index (χ3v) is 16.4. The molecule has 0 nitrogen and oxygen atoms in total. The van der Waals surface area contributed by atoms with Crippen LogP contribution in [0.5, 0.6) is 0 Å². The quantitative estimate of drug-likeness (QED) is 0.199.